The topological polar surface area (TPSA) is 84.0 Å². The van der Waals surface area contributed by atoms with E-state index in [-0.39, 0.29) is 31.1 Å². The Bertz CT molecular complexity index is 1100. The van der Waals surface area contributed by atoms with Crippen molar-refractivity contribution in [2.75, 3.05) is 26.2 Å². The largest absolute Gasteiger partial charge is 0.369 e. The van der Waals surface area contributed by atoms with E-state index in [1.807, 2.05) is 13.0 Å². The number of sulfonamides is 2. The smallest absolute Gasteiger partial charge is 0.243 e. The van der Waals surface area contributed by atoms with Crippen molar-refractivity contribution >= 4 is 20.0 Å². The van der Waals surface area contributed by atoms with Gasteiger partial charge in [-0.1, -0.05) is 30.3 Å². The van der Waals surface area contributed by atoms with Crippen molar-refractivity contribution in [3.8, 4) is 0 Å². The number of ether oxygens (including phenoxy) is 1. The Labute approximate surface area is 172 Å². The molecule has 9 heteroatoms. The maximum atomic E-state index is 13.2. The summed E-state index contributed by atoms with van der Waals surface area (Å²) in [4.78, 5) is 0.533. The average molecular weight is 437 g/mol. The molecule has 0 saturated carbocycles. The lowest BCUT2D eigenvalue weighted by molar-refractivity contribution is -0.104. The second-order valence-electron chi connectivity index (χ2n) is 7.61. The Balaban J connectivity index is 1.57. The predicted octanol–water partition coefficient (Wildman–Crippen LogP) is 1.77. The van der Waals surface area contributed by atoms with Crippen LogP contribution in [0.4, 0.5) is 0 Å². The zero-order chi connectivity index (χ0) is 20.8. The molecule has 2 aromatic rings. The fourth-order valence-electron chi connectivity index (χ4n) is 3.88. The first-order valence-corrected chi connectivity index (χ1v) is 12.3. The van der Waals surface area contributed by atoms with Gasteiger partial charge in [0.25, 0.3) is 0 Å². The molecule has 0 N–H and O–H groups in total. The van der Waals surface area contributed by atoms with Gasteiger partial charge in [0.15, 0.2) is 0 Å². The maximum absolute atomic E-state index is 13.2. The van der Waals surface area contributed by atoms with Crippen LogP contribution in [0.3, 0.4) is 0 Å². The van der Waals surface area contributed by atoms with Gasteiger partial charge >= 0.3 is 0 Å². The molecule has 2 atom stereocenters. The molecule has 2 bridgehead atoms. The van der Waals surface area contributed by atoms with Gasteiger partial charge in [0.05, 0.1) is 22.0 Å². The summed E-state index contributed by atoms with van der Waals surface area (Å²) in [5.41, 5.74) is 1.57. The summed E-state index contributed by atoms with van der Waals surface area (Å²) < 4.78 is 61.1. The minimum atomic E-state index is -3.68. The van der Waals surface area contributed by atoms with Crippen LogP contribution in [-0.4, -0.2) is 63.8 Å². The molecule has 2 heterocycles. The molecular formula is C20H24N2O5S2. The average Bonchev–Trinajstić information content (AvgIpc) is 2.69. The van der Waals surface area contributed by atoms with Crippen LogP contribution in [0.1, 0.15) is 11.1 Å². The van der Waals surface area contributed by atoms with Gasteiger partial charge in [-0.15, -0.1) is 0 Å². The molecule has 2 saturated heterocycles. The van der Waals surface area contributed by atoms with E-state index < -0.39 is 32.3 Å². The summed E-state index contributed by atoms with van der Waals surface area (Å²) in [6, 6.07) is 13.6. The summed E-state index contributed by atoms with van der Waals surface area (Å²) in [6.45, 7) is 4.17. The third-order valence-corrected chi connectivity index (χ3v) is 9.18. The lowest BCUT2D eigenvalue weighted by atomic mass is 10.2. The SMILES string of the molecule is Cc1ccc(C)c(S(=O)(=O)N2C[C@H]3CN(S(=O)(=O)c4ccccc4)C[C@@H](C2)O3)c1. The second-order valence-corrected chi connectivity index (χ2v) is 11.5. The van der Waals surface area contributed by atoms with E-state index in [0.29, 0.717) is 10.5 Å². The lowest BCUT2D eigenvalue weighted by Crippen LogP contribution is -2.61. The van der Waals surface area contributed by atoms with Crippen LogP contribution >= 0.6 is 0 Å². The molecule has 0 spiro atoms. The summed E-state index contributed by atoms with van der Waals surface area (Å²) in [5, 5.41) is 0. The number of aryl methyl sites for hydroxylation is 2. The Kier molecular flexibility index (Phi) is 5.28. The van der Waals surface area contributed by atoms with Crippen molar-refractivity contribution in [3.05, 3.63) is 59.7 Å². The zero-order valence-electron chi connectivity index (χ0n) is 16.4. The van der Waals surface area contributed by atoms with Crippen LogP contribution in [-0.2, 0) is 24.8 Å². The van der Waals surface area contributed by atoms with E-state index in [2.05, 4.69) is 0 Å². The maximum Gasteiger partial charge on any atom is 0.243 e. The Morgan fingerprint density at radius 2 is 1.34 bits per heavy atom. The molecule has 0 aliphatic carbocycles. The van der Waals surface area contributed by atoms with E-state index >= 15 is 0 Å². The monoisotopic (exact) mass is 436 g/mol. The van der Waals surface area contributed by atoms with Gasteiger partial charge in [0, 0.05) is 26.2 Å². The number of benzene rings is 2. The number of nitrogens with zero attached hydrogens (tertiary/aromatic N) is 2. The minimum Gasteiger partial charge on any atom is -0.369 e. The van der Waals surface area contributed by atoms with Crippen LogP contribution < -0.4 is 0 Å². The third kappa shape index (κ3) is 3.85. The molecule has 2 aromatic carbocycles. The van der Waals surface area contributed by atoms with Crippen LogP contribution in [0.2, 0.25) is 0 Å². The van der Waals surface area contributed by atoms with Crippen molar-refractivity contribution in [1.82, 2.24) is 8.61 Å². The highest BCUT2D eigenvalue weighted by molar-refractivity contribution is 7.89. The van der Waals surface area contributed by atoms with E-state index in [1.165, 1.54) is 8.61 Å². The quantitative estimate of drug-likeness (QED) is 0.729. The molecule has 29 heavy (non-hydrogen) atoms. The summed E-state index contributed by atoms with van der Waals surface area (Å²) in [5.74, 6) is 0. The highest BCUT2D eigenvalue weighted by Crippen LogP contribution is 2.29. The first-order chi connectivity index (χ1) is 13.7. The molecule has 2 fully saturated rings. The molecule has 0 unspecified atom stereocenters. The fraction of sp³-hybridized carbons (Fsp3) is 0.400. The van der Waals surface area contributed by atoms with E-state index in [0.717, 1.165) is 5.56 Å². The van der Waals surface area contributed by atoms with Gasteiger partial charge in [-0.05, 0) is 43.2 Å². The van der Waals surface area contributed by atoms with Crippen LogP contribution in [0.5, 0.6) is 0 Å². The number of hydrogen-bond acceptors (Lipinski definition) is 5. The predicted molar refractivity (Wildman–Crippen MR) is 109 cm³/mol. The highest BCUT2D eigenvalue weighted by Gasteiger charge is 2.43. The van der Waals surface area contributed by atoms with Crippen LogP contribution in [0.25, 0.3) is 0 Å². The van der Waals surface area contributed by atoms with Gasteiger partial charge < -0.3 is 4.74 Å². The van der Waals surface area contributed by atoms with E-state index in [1.54, 1.807) is 49.4 Å². The zero-order valence-corrected chi connectivity index (χ0v) is 18.0. The molecule has 4 rings (SSSR count). The van der Waals surface area contributed by atoms with Crippen molar-refractivity contribution in [2.45, 2.75) is 35.8 Å². The summed E-state index contributed by atoms with van der Waals surface area (Å²) >= 11 is 0. The standard InChI is InChI=1S/C20H24N2O5S2/c1-15-8-9-16(2)20(10-15)29(25,26)22-13-17-11-21(12-18(14-22)27-17)28(23,24)19-6-4-3-5-7-19/h3-10,17-18H,11-14H2,1-2H3/t17-,18+. The van der Waals surface area contributed by atoms with Gasteiger partial charge in [-0.2, -0.15) is 8.61 Å². The first kappa shape index (κ1) is 20.5. The molecule has 7 nitrogen and oxygen atoms in total. The second kappa shape index (κ2) is 7.48. The number of rotatable bonds is 4. The number of morpholine rings is 2. The van der Waals surface area contributed by atoms with Crippen LogP contribution in [0, 0.1) is 13.8 Å². The molecule has 0 aromatic heterocycles. The Morgan fingerprint density at radius 1 is 0.793 bits per heavy atom. The Hall–Kier alpha value is -1.78. The van der Waals surface area contributed by atoms with Crippen molar-refractivity contribution < 1.29 is 21.6 Å². The number of fused-ring (bicyclic) bond motifs is 2. The first-order valence-electron chi connectivity index (χ1n) is 9.46. The van der Waals surface area contributed by atoms with Gasteiger partial charge in [-0.25, -0.2) is 16.8 Å². The van der Waals surface area contributed by atoms with E-state index in [9.17, 15) is 16.8 Å². The Morgan fingerprint density at radius 3 is 1.93 bits per heavy atom. The fourth-order valence-corrected chi connectivity index (χ4v) is 7.21. The van der Waals surface area contributed by atoms with Gasteiger partial charge in [0.2, 0.25) is 20.0 Å². The van der Waals surface area contributed by atoms with Crippen molar-refractivity contribution in [2.24, 2.45) is 0 Å². The number of hydrogen-bond donors (Lipinski definition) is 0. The minimum absolute atomic E-state index is 0.131. The molecule has 0 radical (unpaired) electrons. The summed E-state index contributed by atoms with van der Waals surface area (Å²) in [6.07, 6.45) is -0.998. The van der Waals surface area contributed by atoms with Gasteiger partial charge in [-0.3, -0.25) is 0 Å². The molecule has 2 aliphatic heterocycles. The molecule has 0 amide bonds. The highest BCUT2D eigenvalue weighted by atomic mass is 32.2. The normalized spacial score (nSPS) is 23.8. The third-order valence-electron chi connectivity index (χ3n) is 5.36. The van der Waals surface area contributed by atoms with Crippen molar-refractivity contribution in [1.29, 1.82) is 0 Å². The molecular weight excluding hydrogens is 412 g/mol. The molecule has 156 valence electrons. The van der Waals surface area contributed by atoms with Gasteiger partial charge in [0.1, 0.15) is 0 Å². The van der Waals surface area contributed by atoms with Crippen LogP contribution in [0.15, 0.2) is 58.3 Å². The lowest BCUT2D eigenvalue weighted by Gasteiger charge is -2.44. The summed E-state index contributed by atoms with van der Waals surface area (Å²) in [7, 11) is -7.31. The molecule has 2 aliphatic rings. The van der Waals surface area contributed by atoms with E-state index in [4.69, 9.17) is 4.74 Å². The van der Waals surface area contributed by atoms with Crippen molar-refractivity contribution in [3.63, 3.8) is 0 Å².